The Balaban J connectivity index is 1.19. The van der Waals surface area contributed by atoms with Crippen molar-refractivity contribution in [2.24, 2.45) is 0 Å². The molecule has 1 saturated carbocycles. The molecule has 0 saturated heterocycles. The summed E-state index contributed by atoms with van der Waals surface area (Å²) in [4.78, 5) is 17.5. The van der Waals surface area contributed by atoms with E-state index in [4.69, 9.17) is 0 Å². The molecule has 2 atom stereocenters. The van der Waals surface area contributed by atoms with E-state index in [0.29, 0.717) is 35.7 Å². The van der Waals surface area contributed by atoms with E-state index in [1.807, 2.05) is 25.1 Å². The van der Waals surface area contributed by atoms with Crippen molar-refractivity contribution in [2.45, 2.75) is 57.0 Å². The average Bonchev–Trinajstić information content (AvgIpc) is 3.51. The van der Waals surface area contributed by atoms with Crippen LogP contribution in [-0.2, 0) is 12.7 Å². The van der Waals surface area contributed by atoms with Crippen LogP contribution in [0.15, 0.2) is 60.9 Å². The van der Waals surface area contributed by atoms with Gasteiger partial charge in [-0.3, -0.25) is 19.6 Å². The number of benzene rings is 2. The molecule has 5 aromatic rings. The number of hydrogen-bond acceptors (Lipinski definition) is 5. The van der Waals surface area contributed by atoms with E-state index in [-0.39, 0.29) is 24.9 Å². The number of H-pyrrole nitrogens is 1. The number of rotatable bonds is 5. The van der Waals surface area contributed by atoms with Crippen molar-refractivity contribution in [3.63, 3.8) is 0 Å². The van der Waals surface area contributed by atoms with Crippen LogP contribution in [0.2, 0.25) is 0 Å². The fourth-order valence-electron chi connectivity index (χ4n) is 5.60. The van der Waals surface area contributed by atoms with Crippen LogP contribution in [0.3, 0.4) is 0 Å². The second-order valence-corrected chi connectivity index (χ2v) is 10.6. The van der Waals surface area contributed by atoms with Crippen molar-refractivity contribution in [3.05, 3.63) is 77.7 Å². The topological polar surface area (TPSA) is 109 Å². The highest BCUT2D eigenvalue weighted by atomic mass is 19.4. The Bertz CT molecular complexity index is 1730. The maximum atomic E-state index is 13.3. The van der Waals surface area contributed by atoms with Gasteiger partial charge in [0.2, 0.25) is 0 Å². The number of aromatic amines is 1. The molecule has 1 fully saturated rings. The molecule has 0 unspecified atom stereocenters. The molecule has 11 heteroatoms. The predicted molar refractivity (Wildman–Crippen MR) is 143 cm³/mol. The van der Waals surface area contributed by atoms with Crippen LogP contribution in [0.1, 0.15) is 47.3 Å². The molecule has 8 nitrogen and oxygen atoms in total. The zero-order valence-corrected chi connectivity index (χ0v) is 21.7. The van der Waals surface area contributed by atoms with E-state index in [2.05, 4.69) is 25.6 Å². The summed E-state index contributed by atoms with van der Waals surface area (Å²) < 4.78 is 41.2. The van der Waals surface area contributed by atoms with Crippen LogP contribution in [0.25, 0.3) is 33.1 Å². The summed E-state index contributed by atoms with van der Waals surface area (Å²) in [6.07, 6.45) is 0.784. The molecule has 1 aliphatic rings. The smallest absolute Gasteiger partial charge is 0.388 e. The quantitative estimate of drug-likeness (QED) is 0.272. The van der Waals surface area contributed by atoms with E-state index in [1.54, 1.807) is 18.3 Å². The first-order valence-corrected chi connectivity index (χ1v) is 13.1. The van der Waals surface area contributed by atoms with E-state index in [0.717, 1.165) is 40.0 Å². The van der Waals surface area contributed by atoms with Gasteiger partial charge in [-0.1, -0.05) is 6.07 Å². The molecule has 3 heterocycles. The predicted octanol–water partition coefficient (Wildman–Crippen LogP) is 5.41. The first kappa shape index (κ1) is 26.0. The Kier molecular flexibility index (Phi) is 6.33. The molecule has 1 amide bonds. The molecule has 6 rings (SSSR count). The third kappa shape index (κ3) is 5.04. The van der Waals surface area contributed by atoms with Gasteiger partial charge in [0.1, 0.15) is 5.69 Å². The minimum Gasteiger partial charge on any atom is -0.388 e. The second kappa shape index (κ2) is 9.74. The summed E-state index contributed by atoms with van der Waals surface area (Å²) in [6.45, 7) is 1.93. The lowest BCUT2D eigenvalue weighted by molar-refractivity contribution is -0.137. The molecule has 3 N–H and O–H groups in total. The van der Waals surface area contributed by atoms with Gasteiger partial charge in [-0.05, 0) is 75.1 Å². The Morgan fingerprint density at radius 2 is 2.05 bits per heavy atom. The highest BCUT2D eigenvalue weighted by Gasteiger charge is 2.37. The minimum atomic E-state index is -4.47. The van der Waals surface area contributed by atoms with E-state index >= 15 is 0 Å². The molecular formula is C29H27F3N6O2. The lowest BCUT2D eigenvalue weighted by Gasteiger charge is -2.37. The SMILES string of the molecule is Cc1cc(-c2n[nH]c3ccc(C(=O)N[C@@H]4CCC[C@](O)(Cn5ncc6ccc(C(F)(F)F)cc65)C4)cc23)ccn1. The number of amides is 1. The molecule has 0 aliphatic heterocycles. The molecule has 0 radical (unpaired) electrons. The Labute approximate surface area is 227 Å². The number of fused-ring (bicyclic) bond motifs is 2. The Hall–Kier alpha value is -4.25. The lowest BCUT2D eigenvalue weighted by Crippen LogP contribution is -2.47. The Morgan fingerprint density at radius 3 is 2.85 bits per heavy atom. The molecule has 0 spiro atoms. The number of aliphatic hydroxyl groups is 1. The third-order valence-corrected chi connectivity index (χ3v) is 7.57. The first-order valence-electron chi connectivity index (χ1n) is 13.1. The van der Waals surface area contributed by atoms with Crippen LogP contribution in [0.4, 0.5) is 13.2 Å². The maximum Gasteiger partial charge on any atom is 0.416 e. The summed E-state index contributed by atoms with van der Waals surface area (Å²) in [7, 11) is 0. The van der Waals surface area contributed by atoms with Crippen LogP contribution >= 0.6 is 0 Å². The van der Waals surface area contributed by atoms with Gasteiger partial charge in [0.05, 0.1) is 34.9 Å². The molecule has 206 valence electrons. The normalized spacial score (nSPS) is 19.8. The zero-order chi connectivity index (χ0) is 28.1. The van der Waals surface area contributed by atoms with E-state index in [1.165, 1.54) is 16.9 Å². The fraction of sp³-hybridized carbons (Fsp3) is 0.310. The number of nitrogens with zero attached hydrogens (tertiary/aromatic N) is 4. The van der Waals surface area contributed by atoms with Gasteiger partial charge in [0.25, 0.3) is 5.91 Å². The third-order valence-electron chi connectivity index (χ3n) is 7.57. The summed E-state index contributed by atoms with van der Waals surface area (Å²) in [5, 5.41) is 27.5. The van der Waals surface area contributed by atoms with Gasteiger partial charge in [-0.2, -0.15) is 23.4 Å². The van der Waals surface area contributed by atoms with E-state index < -0.39 is 17.3 Å². The summed E-state index contributed by atoms with van der Waals surface area (Å²) >= 11 is 0. The van der Waals surface area contributed by atoms with E-state index in [9.17, 15) is 23.1 Å². The van der Waals surface area contributed by atoms with Gasteiger partial charge < -0.3 is 10.4 Å². The number of nitrogens with one attached hydrogen (secondary N) is 2. The summed E-state index contributed by atoms with van der Waals surface area (Å²) in [6, 6.07) is 12.3. The number of alkyl halides is 3. The number of aryl methyl sites for hydroxylation is 1. The number of aromatic nitrogens is 5. The Morgan fingerprint density at radius 1 is 1.20 bits per heavy atom. The highest BCUT2D eigenvalue weighted by molar-refractivity contribution is 6.01. The number of hydrogen-bond donors (Lipinski definition) is 3. The standard InChI is InChI=1S/C29H27F3N6O2/c1-17-11-18(8-10-33-17)26-23-12-19(5-7-24(23)36-37-26)27(39)35-22-3-2-9-28(40,14-22)16-38-25-13-21(29(30,31)32)6-4-20(25)15-34-38/h4-8,10-13,15,22,40H,2-3,9,14,16H2,1H3,(H,35,39)(H,36,37)/t22-,28-/m1/s1. The van der Waals surface area contributed by atoms with Crippen LogP contribution < -0.4 is 5.32 Å². The van der Waals surface area contributed by atoms with Crippen LogP contribution in [0, 0.1) is 6.92 Å². The van der Waals surface area contributed by atoms with Crippen molar-refractivity contribution >= 4 is 27.7 Å². The van der Waals surface area contributed by atoms with Gasteiger partial charge in [-0.15, -0.1) is 0 Å². The fourth-order valence-corrected chi connectivity index (χ4v) is 5.60. The van der Waals surface area contributed by atoms with Crippen molar-refractivity contribution in [3.8, 4) is 11.3 Å². The van der Waals surface area contributed by atoms with Crippen LogP contribution in [0.5, 0.6) is 0 Å². The molecular weight excluding hydrogens is 521 g/mol. The van der Waals surface area contributed by atoms with Crippen molar-refractivity contribution in [1.29, 1.82) is 0 Å². The van der Waals surface area contributed by atoms with Gasteiger partial charge in [0, 0.05) is 39.8 Å². The number of carbonyl (C=O) groups is 1. The van der Waals surface area contributed by atoms with Gasteiger partial charge in [0.15, 0.2) is 0 Å². The number of halogens is 3. The minimum absolute atomic E-state index is 0.0276. The van der Waals surface area contributed by atoms with Gasteiger partial charge in [-0.25, -0.2) is 0 Å². The first-order chi connectivity index (χ1) is 19.1. The molecule has 0 bridgehead atoms. The zero-order valence-electron chi connectivity index (χ0n) is 21.7. The average molecular weight is 549 g/mol. The monoisotopic (exact) mass is 548 g/mol. The highest BCUT2D eigenvalue weighted by Crippen LogP contribution is 2.34. The van der Waals surface area contributed by atoms with Crippen molar-refractivity contribution in [2.75, 3.05) is 0 Å². The largest absolute Gasteiger partial charge is 0.416 e. The van der Waals surface area contributed by atoms with Crippen molar-refractivity contribution in [1.82, 2.24) is 30.3 Å². The lowest BCUT2D eigenvalue weighted by atomic mass is 9.81. The second-order valence-electron chi connectivity index (χ2n) is 10.6. The van der Waals surface area contributed by atoms with Gasteiger partial charge >= 0.3 is 6.18 Å². The molecule has 3 aromatic heterocycles. The number of pyridine rings is 1. The molecule has 2 aromatic carbocycles. The number of carbonyl (C=O) groups excluding carboxylic acids is 1. The summed E-state index contributed by atoms with van der Waals surface area (Å²) in [5.74, 6) is -0.270. The van der Waals surface area contributed by atoms with Crippen molar-refractivity contribution < 1.29 is 23.1 Å². The maximum absolute atomic E-state index is 13.3. The molecule has 40 heavy (non-hydrogen) atoms. The summed E-state index contributed by atoms with van der Waals surface area (Å²) in [5.41, 5.74) is 2.05. The molecule has 1 aliphatic carbocycles. The van der Waals surface area contributed by atoms with Crippen LogP contribution in [-0.4, -0.2) is 47.6 Å².